The first kappa shape index (κ1) is 19.2. The second-order valence-corrected chi connectivity index (χ2v) is 6.63. The largest absolute Gasteiger partial charge is 0.471 e. The van der Waals surface area contributed by atoms with Crippen LogP contribution in [0.4, 0.5) is 18.0 Å². The third-order valence-electron chi connectivity index (χ3n) is 4.80. The molecule has 2 aliphatic heterocycles. The number of nitrogens with two attached hydrogens (primary N) is 1. The second-order valence-electron chi connectivity index (χ2n) is 6.63. The maximum atomic E-state index is 12.9. The number of alkyl halides is 3. The van der Waals surface area contributed by atoms with Gasteiger partial charge in [-0.25, -0.2) is 4.79 Å². The van der Waals surface area contributed by atoms with E-state index in [1.165, 1.54) is 17.0 Å². The van der Waals surface area contributed by atoms with Crippen molar-refractivity contribution in [3.63, 3.8) is 0 Å². The number of nitrogens with zero attached hydrogens (tertiary/aromatic N) is 3. The van der Waals surface area contributed by atoms with Gasteiger partial charge in [-0.3, -0.25) is 4.79 Å². The molecule has 0 spiro atoms. The summed E-state index contributed by atoms with van der Waals surface area (Å²) >= 11 is 0. The van der Waals surface area contributed by atoms with Crippen LogP contribution in [0.5, 0.6) is 0 Å². The Balaban J connectivity index is 1.59. The van der Waals surface area contributed by atoms with E-state index in [1.807, 2.05) is 0 Å². The number of primary amides is 1. The van der Waals surface area contributed by atoms with E-state index in [9.17, 15) is 22.8 Å². The lowest BCUT2D eigenvalue weighted by Crippen LogP contribution is -2.51. The molecule has 0 unspecified atom stereocenters. The quantitative estimate of drug-likeness (QED) is 0.818. The van der Waals surface area contributed by atoms with Crippen LogP contribution >= 0.6 is 0 Å². The van der Waals surface area contributed by atoms with Crippen LogP contribution in [0.3, 0.4) is 0 Å². The molecule has 1 fully saturated rings. The normalized spacial score (nSPS) is 21.9. The third kappa shape index (κ3) is 3.62. The molecule has 154 valence electrons. The minimum atomic E-state index is -4.76. The summed E-state index contributed by atoms with van der Waals surface area (Å²) in [6.45, 7) is 0.776. The summed E-state index contributed by atoms with van der Waals surface area (Å²) in [5.41, 5.74) is 6.29. The molecule has 1 aromatic heterocycles. The Labute approximate surface area is 161 Å². The van der Waals surface area contributed by atoms with E-state index < -0.39 is 30.3 Å². The Hall–Kier alpha value is -3.15. The van der Waals surface area contributed by atoms with Gasteiger partial charge in [0.15, 0.2) is 0 Å². The molecule has 1 aromatic carbocycles. The number of carbonyl (C=O) groups is 2. The lowest BCUT2D eigenvalue weighted by molar-refractivity contribution is -0.159. The van der Waals surface area contributed by atoms with Crippen LogP contribution in [0, 0.1) is 0 Å². The van der Waals surface area contributed by atoms with Crippen LogP contribution in [0.2, 0.25) is 0 Å². The van der Waals surface area contributed by atoms with E-state index in [0.717, 1.165) is 0 Å². The van der Waals surface area contributed by atoms with Crippen LogP contribution in [0.25, 0.3) is 11.4 Å². The third-order valence-corrected chi connectivity index (χ3v) is 4.80. The number of benzene rings is 1. The molecule has 2 aliphatic rings. The van der Waals surface area contributed by atoms with Crippen molar-refractivity contribution in [2.75, 3.05) is 13.2 Å². The zero-order chi connectivity index (χ0) is 20.8. The second kappa shape index (κ2) is 7.03. The lowest BCUT2D eigenvalue weighted by Gasteiger charge is -2.36. The minimum Gasteiger partial charge on any atom is -0.444 e. The first-order valence-corrected chi connectivity index (χ1v) is 8.63. The molecule has 9 nitrogen and oxygen atoms in total. The number of hydrogen-bond acceptors (Lipinski definition) is 7. The van der Waals surface area contributed by atoms with Gasteiger partial charge >= 0.3 is 18.2 Å². The van der Waals surface area contributed by atoms with Crippen LogP contribution in [0.1, 0.15) is 28.2 Å². The Kier molecular flexibility index (Phi) is 4.65. The average Bonchev–Trinajstić information content (AvgIpc) is 3.27. The number of carbonyl (C=O) groups excluding carboxylic acids is 2. The highest BCUT2D eigenvalue weighted by molar-refractivity contribution is 5.99. The average molecular weight is 412 g/mol. The molecule has 2 atom stereocenters. The molecular weight excluding hydrogens is 397 g/mol. The van der Waals surface area contributed by atoms with E-state index in [-0.39, 0.29) is 30.4 Å². The fourth-order valence-electron chi connectivity index (χ4n) is 3.47. The zero-order valence-electron chi connectivity index (χ0n) is 14.8. The van der Waals surface area contributed by atoms with Crippen molar-refractivity contribution in [1.29, 1.82) is 0 Å². The van der Waals surface area contributed by atoms with E-state index in [4.69, 9.17) is 15.2 Å². The molecular formula is C17H15F3N4O5. The maximum Gasteiger partial charge on any atom is 0.471 e. The van der Waals surface area contributed by atoms with Gasteiger partial charge in [-0.1, -0.05) is 17.3 Å². The Morgan fingerprint density at radius 1 is 1.34 bits per heavy atom. The summed E-state index contributed by atoms with van der Waals surface area (Å²) in [5.74, 6) is -2.11. The molecule has 2 aromatic rings. The van der Waals surface area contributed by atoms with Gasteiger partial charge in [-0.05, 0) is 11.6 Å². The highest BCUT2D eigenvalue weighted by Crippen LogP contribution is 2.33. The molecule has 0 radical (unpaired) electrons. The van der Waals surface area contributed by atoms with Gasteiger partial charge in [0.1, 0.15) is 6.10 Å². The molecule has 12 heteroatoms. The van der Waals surface area contributed by atoms with Crippen molar-refractivity contribution in [2.45, 2.75) is 31.3 Å². The summed E-state index contributed by atoms with van der Waals surface area (Å²) in [7, 11) is 0. The molecule has 0 saturated carbocycles. The van der Waals surface area contributed by atoms with Crippen molar-refractivity contribution in [2.24, 2.45) is 5.73 Å². The van der Waals surface area contributed by atoms with Crippen molar-refractivity contribution in [3.05, 3.63) is 35.2 Å². The lowest BCUT2D eigenvalue weighted by atomic mass is 10.0. The molecule has 4 rings (SSSR count). The van der Waals surface area contributed by atoms with E-state index in [1.54, 1.807) is 6.07 Å². The molecule has 2 amide bonds. The summed E-state index contributed by atoms with van der Waals surface area (Å²) in [6, 6.07) is 4.01. The van der Waals surface area contributed by atoms with E-state index >= 15 is 0 Å². The summed E-state index contributed by atoms with van der Waals surface area (Å²) in [4.78, 5) is 28.9. The first-order valence-electron chi connectivity index (χ1n) is 8.63. The number of rotatable bonds is 3. The molecule has 0 bridgehead atoms. The van der Waals surface area contributed by atoms with Gasteiger partial charge < -0.3 is 24.6 Å². The number of aromatic nitrogens is 2. The van der Waals surface area contributed by atoms with Gasteiger partial charge in [0.25, 0.3) is 5.91 Å². The summed E-state index contributed by atoms with van der Waals surface area (Å²) in [5, 5.41) is 3.33. The SMILES string of the molecule is NC(=O)O[C@@H]1CCOC[C@@H]1N1Cc2ccc(-c3noc(C(F)(F)F)n3)cc2C1=O. The first-order chi connectivity index (χ1) is 13.7. The van der Waals surface area contributed by atoms with Crippen LogP contribution in [-0.2, 0) is 22.2 Å². The minimum absolute atomic E-state index is 0.171. The van der Waals surface area contributed by atoms with Crippen molar-refractivity contribution < 1.29 is 36.8 Å². The Morgan fingerprint density at radius 2 is 2.14 bits per heavy atom. The van der Waals surface area contributed by atoms with E-state index in [2.05, 4.69) is 14.7 Å². The number of ether oxygens (including phenoxy) is 2. The number of amides is 2. The van der Waals surface area contributed by atoms with Gasteiger partial charge in [0.2, 0.25) is 5.82 Å². The molecule has 0 aliphatic carbocycles. The standard InChI is InChI=1S/C17H15F3N4O5/c18-17(19,20)15-22-13(23-29-15)8-1-2-9-6-24(14(25)10(9)5-8)11-7-27-4-3-12(11)28-16(21)26/h1-2,5,11-12H,3-4,6-7H2,(H2,21,26)/t11-,12+/m0/s1. The molecule has 2 N–H and O–H groups in total. The Bertz CT molecular complexity index is 961. The van der Waals surface area contributed by atoms with Crippen LogP contribution in [0.15, 0.2) is 22.7 Å². The summed E-state index contributed by atoms with van der Waals surface area (Å²) < 4.78 is 52.8. The highest BCUT2D eigenvalue weighted by atomic mass is 19.4. The zero-order valence-corrected chi connectivity index (χ0v) is 14.8. The number of hydrogen-bond donors (Lipinski definition) is 1. The fraction of sp³-hybridized carbons (Fsp3) is 0.412. The van der Waals surface area contributed by atoms with Crippen molar-refractivity contribution >= 4 is 12.0 Å². The van der Waals surface area contributed by atoms with Gasteiger partial charge in [0, 0.05) is 24.1 Å². The van der Waals surface area contributed by atoms with Gasteiger partial charge in [-0.2, -0.15) is 18.2 Å². The van der Waals surface area contributed by atoms with Gasteiger partial charge in [0.05, 0.1) is 19.3 Å². The van der Waals surface area contributed by atoms with Gasteiger partial charge in [-0.15, -0.1) is 0 Å². The Morgan fingerprint density at radius 3 is 2.83 bits per heavy atom. The monoisotopic (exact) mass is 412 g/mol. The maximum absolute atomic E-state index is 12.9. The molecule has 3 heterocycles. The van der Waals surface area contributed by atoms with E-state index in [0.29, 0.717) is 24.2 Å². The predicted octanol–water partition coefficient (Wildman–Crippen LogP) is 1.96. The fourth-order valence-corrected chi connectivity index (χ4v) is 3.47. The van der Waals surface area contributed by atoms with Crippen LogP contribution in [-0.4, -0.2) is 52.4 Å². The summed E-state index contributed by atoms with van der Waals surface area (Å²) in [6.07, 6.45) is -5.91. The highest BCUT2D eigenvalue weighted by Gasteiger charge is 2.41. The van der Waals surface area contributed by atoms with Crippen molar-refractivity contribution in [1.82, 2.24) is 15.0 Å². The number of halogens is 3. The van der Waals surface area contributed by atoms with Crippen molar-refractivity contribution in [3.8, 4) is 11.4 Å². The molecule has 29 heavy (non-hydrogen) atoms. The molecule has 1 saturated heterocycles. The van der Waals surface area contributed by atoms with Crippen LogP contribution < -0.4 is 5.73 Å². The smallest absolute Gasteiger partial charge is 0.444 e. The predicted molar refractivity (Wildman–Crippen MR) is 88.3 cm³/mol. The number of fused-ring (bicyclic) bond motifs is 1. The topological polar surface area (TPSA) is 121 Å².